The van der Waals surface area contributed by atoms with E-state index in [2.05, 4.69) is 5.32 Å². The number of carbonyl (C=O) groups excluding carboxylic acids is 4. The van der Waals surface area contributed by atoms with Gasteiger partial charge in [0.25, 0.3) is 11.8 Å². The summed E-state index contributed by atoms with van der Waals surface area (Å²) in [6, 6.07) is -0.573. The van der Waals surface area contributed by atoms with Crippen LogP contribution in [0, 0.1) is 5.92 Å². The summed E-state index contributed by atoms with van der Waals surface area (Å²) in [5.41, 5.74) is -0.919. The van der Waals surface area contributed by atoms with Gasteiger partial charge in [-0.2, -0.15) is 0 Å². The molecule has 1 aliphatic carbocycles. The fourth-order valence-corrected chi connectivity index (χ4v) is 3.70. The Morgan fingerprint density at radius 3 is 2.35 bits per heavy atom. The molecule has 0 spiro atoms. The number of esters is 1. The molecule has 1 atom stereocenters. The highest BCUT2D eigenvalue weighted by Gasteiger charge is 2.56. The first kappa shape index (κ1) is 18.7. The maximum atomic E-state index is 12.5. The second-order valence-electron chi connectivity index (χ2n) is 7.61. The maximum Gasteiger partial charge on any atom is 0.326 e. The zero-order chi connectivity index (χ0) is 18.7. The molecule has 2 aliphatic heterocycles. The molecule has 26 heavy (non-hydrogen) atoms. The van der Waals surface area contributed by atoms with Crippen LogP contribution in [0.15, 0.2) is 0 Å². The minimum absolute atomic E-state index is 0.133. The fourth-order valence-electron chi connectivity index (χ4n) is 3.70. The molecule has 3 aliphatic rings. The van der Waals surface area contributed by atoms with Gasteiger partial charge in [0, 0.05) is 13.1 Å². The van der Waals surface area contributed by atoms with Crippen LogP contribution in [0.1, 0.15) is 51.9 Å². The summed E-state index contributed by atoms with van der Waals surface area (Å²) < 4.78 is 5.03. The average Bonchev–Trinajstić information content (AvgIpc) is 3.39. The quantitative estimate of drug-likeness (QED) is 0.580. The van der Waals surface area contributed by atoms with Crippen molar-refractivity contribution >= 4 is 23.8 Å². The second kappa shape index (κ2) is 7.63. The van der Waals surface area contributed by atoms with E-state index in [0.717, 1.165) is 43.4 Å². The highest BCUT2D eigenvalue weighted by atomic mass is 16.5. The highest BCUT2D eigenvalue weighted by molar-refractivity contribution is 6.08. The van der Waals surface area contributed by atoms with Gasteiger partial charge in [0.2, 0.25) is 0 Å². The lowest BCUT2D eigenvalue weighted by molar-refractivity contribution is -0.154. The molecule has 1 saturated carbocycles. The predicted molar refractivity (Wildman–Crippen MR) is 92.0 cm³/mol. The van der Waals surface area contributed by atoms with E-state index in [1.807, 2.05) is 0 Å². The van der Waals surface area contributed by atoms with Gasteiger partial charge in [0.1, 0.15) is 12.1 Å². The molecule has 1 N–H and O–H groups in total. The lowest BCUT2D eigenvalue weighted by Gasteiger charge is -2.24. The van der Waals surface area contributed by atoms with Gasteiger partial charge in [-0.1, -0.05) is 19.3 Å². The first-order chi connectivity index (χ1) is 12.4. The molecule has 0 aromatic heterocycles. The second-order valence-corrected chi connectivity index (χ2v) is 7.61. The molecule has 144 valence electrons. The van der Waals surface area contributed by atoms with Crippen LogP contribution in [0.2, 0.25) is 0 Å². The zero-order valence-corrected chi connectivity index (χ0v) is 15.3. The molecule has 0 bridgehead atoms. The number of imide groups is 1. The Labute approximate surface area is 153 Å². The first-order valence-electron chi connectivity index (χ1n) is 9.49. The highest BCUT2D eigenvalue weighted by Crippen LogP contribution is 2.42. The largest absolute Gasteiger partial charge is 0.454 e. The van der Waals surface area contributed by atoms with Crippen LogP contribution < -0.4 is 5.32 Å². The van der Waals surface area contributed by atoms with E-state index >= 15 is 0 Å². The van der Waals surface area contributed by atoms with Crippen LogP contribution in [-0.4, -0.2) is 65.4 Å². The van der Waals surface area contributed by atoms with Crippen LogP contribution in [0.3, 0.4) is 0 Å². The van der Waals surface area contributed by atoms with Crippen molar-refractivity contribution in [1.29, 1.82) is 0 Å². The Hall–Kier alpha value is -2.12. The molecule has 8 nitrogen and oxygen atoms in total. The lowest BCUT2D eigenvalue weighted by Crippen LogP contribution is -2.46. The fraction of sp³-hybridized carbons (Fsp3) is 0.778. The summed E-state index contributed by atoms with van der Waals surface area (Å²) in [6.45, 7) is 2.26. The third-order valence-corrected chi connectivity index (χ3v) is 5.55. The molecule has 2 heterocycles. The molecule has 4 amide bonds. The number of carbonyl (C=O) groups is 4. The molecular formula is C18H27N3O5. The third-order valence-electron chi connectivity index (χ3n) is 5.55. The Bertz CT molecular complexity index is 596. The van der Waals surface area contributed by atoms with Gasteiger partial charge in [-0.25, -0.2) is 4.79 Å². The van der Waals surface area contributed by atoms with Crippen LogP contribution in [0.5, 0.6) is 0 Å². The van der Waals surface area contributed by atoms with Gasteiger partial charge < -0.3 is 15.0 Å². The van der Waals surface area contributed by atoms with E-state index in [0.29, 0.717) is 13.1 Å². The average molecular weight is 365 g/mol. The summed E-state index contributed by atoms with van der Waals surface area (Å²) in [7, 11) is 0. The van der Waals surface area contributed by atoms with E-state index in [-0.39, 0.29) is 18.4 Å². The number of hydrogen-bond acceptors (Lipinski definition) is 5. The predicted octanol–water partition coefficient (Wildman–Crippen LogP) is 1.04. The van der Waals surface area contributed by atoms with Crippen molar-refractivity contribution < 1.29 is 23.9 Å². The van der Waals surface area contributed by atoms with Crippen LogP contribution in [0.4, 0.5) is 4.79 Å². The van der Waals surface area contributed by atoms with Crippen LogP contribution >= 0.6 is 0 Å². The number of amides is 4. The first-order valence-corrected chi connectivity index (χ1v) is 9.49. The SMILES string of the molecule is C[C@@]1(C2CC2)NC(=O)N(CC(=O)OCC(=O)N2CCCCCCC2)C1=O. The monoisotopic (exact) mass is 365 g/mol. The van der Waals surface area contributed by atoms with E-state index in [1.54, 1.807) is 11.8 Å². The third kappa shape index (κ3) is 3.99. The summed E-state index contributed by atoms with van der Waals surface area (Å²) in [4.78, 5) is 51.4. The standard InChI is InChI=1S/C18H27N3O5/c1-18(13-7-8-13)16(24)21(17(25)19-18)11-15(23)26-12-14(22)20-9-5-3-2-4-6-10-20/h13H,2-12H2,1H3,(H,19,25)/t18-/m0/s1. The van der Waals surface area contributed by atoms with Crippen molar-refractivity contribution in [2.24, 2.45) is 5.92 Å². The molecule has 3 rings (SSSR count). The Morgan fingerprint density at radius 2 is 1.73 bits per heavy atom. The van der Waals surface area contributed by atoms with Gasteiger partial charge >= 0.3 is 12.0 Å². The van der Waals surface area contributed by atoms with Crippen molar-refractivity contribution in [3.05, 3.63) is 0 Å². The van der Waals surface area contributed by atoms with Crippen molar-refractivity contribution in [1.82, 2.24) is 15.1 Å². The number of nitrogens with zero attached hydrogens (tertiary/aromatic N) is 2. The molecule has 0 unspecified atom stereocenters. The number of urea groups is 1. The van der Waals surface area contributed by atoms with E-state index < -0.39 is 30.0 Å². The summed E-state index contributed by atoms with van der Waals surface area (Å²) in [6.07, 6.45) is 7.12. The summed E-state index contributed by atoms with van der Waals surface area (Å²) >= 11 is 0. The van der Waals surface area contributed by atoms with Crippen LogP contribution in [-0.2, 0) is 19.1 Å². The van der Waals surface area contributed by atoms with Crippen LogP contribution in [0.25, 0.3) is 0 Å². The van der Waals surface area contributed by atoms with Crippen molar-refractivity contribution in [3.8, 4) is 0 Å². The van der Waals surface area contributed by atoms with E-state index in [1.165, 1.54) is 6.42 Å². The van der Waals surface area contributed by atoms with Gasteiger partial charge in [-0.15, -0.1) is 0 Å². The van der Waals surface area contributed by atoms with E-state index in [9.17, 15) is 19.2 Å². The number of likely N-dealkylation sites (tertiary alicyclic amines) is 1. The number of hydrogen-bond donors (Lipinski definition) is 1. The van der Waals surface area contributed by atoms with Crippen molar-refractivity contribution in [3.63, 3.8) is 0 Å². The summed E-state index contributed by atoms with van der Waals surface area (Å²) in [5.74, 6) is -1.22. The molecular weight excluding hydrogens is 338 g/mol. The maximum absolute atomic E-state index is 12.5. The molecule has 2 saturated heterocycles. The molecule has 0 aromatic rings. The van der Waals surface area contributed by atoms with E-state index in [4.69, 9.17) is 4.74 Å². The molecule has 3 fully saturated rings. The topological polar surface area (TPSA) is 96.0 Å². The van der Waals surface area contributed by atoms with Gasteiger partial charge in [0.05, 0.1) is 0 Å². The summed E-state index contributed by atoms with van der Waals surface area (Å²) in [5, 5.41) is 2.68. The number of rotatable bonds is 5. The minimum atomic E-state index is -0.919. The number of nitrogens with one attached hydrogen (secondary N) is 1. The minimum Gasteiger partial charge on any atom is -0.454 e. The lowest BCUT2D eigenvalue weighted by atomic mass is 9.96. The molecule has 0 radical (unpaired) electrons. The van der Waals surface area contributed by atoms with Crippen molar-refractivity contribution in [2.75, 3.05) is 26.2 Å². The Morgan fingerprint density at radius 1 is 1.12 bits per heavy atom. The molecule has 8 heteroatoms. The Kier molecular flexibility index (Phi) is 5.48. The van der Waals surface area contributed by atoms with Gasteiger partial charge in [-0.3, -0.25) is 19.3 Å². The zero-order valence-electron chi connectivity index (χ0n) is 15.3. The van der Waals surface area contributed by atoms with Crippen molar-refractivity contribution in [2.45, 2.75) is 57.4 Å². The van der Waals surface area contributed by atoms with Gasteiger partial charge in [0.15, 0.2) is 6.61 Å². The Balaban J connectivity index is 1.47. The normalized spacial score (nSPS) is 27.0. The van der Waals surface area contributed by atoms with Gasteiger partial charge in [-0.05, 0) is 38.5 Å². The molecule has 0 aromatic carbocycles. The smallest absolute Gasteiger partial charge is 0.326 e. The number of ether oxygens (including phenoxy) is 1.